The molecule has 3 atom stereocenters. The molecule has 1 heterocycles. The van der Waals surface area contributed by atoms with Gasteiger partial charge in [0.05, 0.1) is 0 Å². The number of hydrogen-bond acceptors (Lipinski definition) is 2. The summed E-state index contributed by atoms with van der Waals surface area (Å²) in [7, 11) is 1.98. The predicted octanol–water partition coefficient (Wildman–Crippen LogP) is 2.45. The van der Waals surface area contributed by atoms with Gasteiger partial charge in [-0.05, 0) is 25.2 Å². The summed E-state index contributed by atoms with van der Waals surface area (Å²) in [4.78, 5) is 4.44. The summed E-state index contributed by atoms with van der Waals surface area (Å²) >= 11 is 0. The van der Waals surface area contributed by atoms with E-state index in [0.717, 1.165) is 18.7 Å². The summed E-state index contributed by atoms with van der Waals surface area (Å²) in [6.07, 6.45) is 7.21. The van der Waals surface area contributed by atoms with Crippen molar-refractivity contribution in [1.29, 1.82) is 0 Å². The van der Waals surface area contributed by atoms with Gasteiger partial charge >= 0.3 is 0 Å². The second-order valence-electron chi connectivity index (χ2n) is 6.79. The van der Waals surface area contributed by atoms with E-state index in [1.807, 2.05) is 17.8 Å². The van der Waals surface area contributed by atoms with Crippen molar-refractivity contribution in [2.75, 3.05) is 0 Å². The van der Waals surface area contributed by atoms with Gasteiger partial charge in [-0.15, -0.1) is 0 Å². The fourth-order valence-electron chi connectivity index (χ4n) is 4.53. The van der Waals surface area contributed by atoms with E-state index in [4.69, 9.17) is 0 Å². The molecule has 3 heteroatoms. The first-order valence-corrected chi connectivity index (χ1v) is 6.53. The van der Waals surface area contributed by atoms with Crippen molar-refractivity contribution in [2.45, 2.75) is 45.6 Å². The Labute approximate surface area is 103 Å². The molecule has 1 aromatic rings. The molecule has 0 spiro atoms. The fraction of sp³-hybridized carbons (Fsp3) is 0.786. The molecule has 0 aliphatic heterocycles. The maximum Gasteiger partial charge on any atom is 0.141 e. The number of hydrogen-bond donors (Lipinski definition) is 1. The summed E-state index contributed by atoms with van der Waals surface area (Å²) in [5.41, 5.74) is -0.888. The van der Waals surface area contributed by atoms with Crippen LogP contribution in [0, 0.1) is 16.7 Å². The highest BCUT2D eigenvalue weighted by atomic mass is 16.3. The predicted molar refractivity (Wildman–Crippen MR) is 66.3 cm³/mol. The lowest BCUT2D eigenvalue weighted by Gasteiger charge is -2.49. The minimum Gasteiger partial charge on any atom is -0.381 e. The molecule has 0 radical (unpaired) electrons. The summed E-state index contributed by atoms with van der Waals surface area (Å²) in [6, 6.07) is 0. The van der Waals surface area contributed by atoms with Gasteiger partial charge < -0.3 is 9.67 Å². The van der Waals surface area contributed by atoms with E-state index >= 15 is 0 Å². The number of aryl methyl sites for hydroxylation is 1. The van der Waals surface area contributed by atoms with E-state index < -0.39 is 5.60 Å². The minimum atomic E-state index is -0.791. The quantitative estimate of drug-likeness (QED) is 0.810. The minimum absolute atomic E-state index is 0.0136. The van der Waals surface area contributed by atoms with Crippen molar-refractivity contribution < 1.29 is 5.11 Å². The Hall–Kier alpha value is -0.830. The Morgan fingerprint density at radius 2 is 2.12 bits per heavy atom. The van der Waals surface area contributed by atoms with E-state index in [0.29, 0.717) is 5.92 Å². The Morgan fingerprint density at radius 3 is 2.59 bits per heavy atom. The number of nitrogens with zero attached hydrogens (tertiary/aromatic N) is 2. The Balaban J connectivity index is 2.21. The van der Waals surface area contributed by atoms with Gasteiger partial charge in [0.2, 0.25) is 0 Å². The standard InChI is InChI=1S/C14H22N2O/c1-12(2)10-5-6-13(3,9-10)14(12,17)11-15-7-8-16(11)4/h7-8,10,17H,5-6,9H2,1-4H3. The van der Waals surface area contributed by atoms with E-state index in [9.17, 15) is 5.11 Å². The van der Waals surface area contributed by atoms with Crippen LogP contribution in [0.3, 0.4) is 0 Å². The zero-order valence-electron chi connectivity index (χ0n) is 11.2. The molecule has 1 N–H and O–H groups in total. The highest BCUT2D eigenvalue weighted by molar-refractivity contribution is 5.25. The number of fused-ring (bicyclic) bond motifs is 2. The van der Waals surface area contributed by atoms with Crippen molar-refractivity contribution in [3.05, 3.63) is 18.2 Å². The molecule has 3 nitrogen and oxygen atoms in total. The molecule has 1 aromatic heterocycles. The van der Waals surface area contributed by atoms with Crippen LogP contribution in [0.15, 0.2) is 12.4 Å². The van der Waals surface area contributed by atoms with Crippen LogP contribution in [-0.4, -0.2) is 14.7 Å². The highest BCUT2D eigenvalue weighted by Gasteiger charge is 2.70. The van der Waals surface area contributed by atoms with Gasteiger partial charge in [0.25, 0.3) is 0 Å². The average Bonchev–Trinajstić information content (AvgIpc) is 2.86. The third-order valence-corrected chi connectivity index (χ3v) is 5.71. The Kier molecular flexibility index (Phi) is 1.95. The third-order valence-electron chi connectivity index (χ3n) is 5.71. The fourth-order valence-corrected chi connectivity index (χ4v) is 4.53. The number of imidazole rings is 1. The normalized spacial score (nSPS) is 43.2. The van der Waals surface area contributed by atoms with E-state index in [2.05, 4.69) is 25.8 Å². The van der Waals surface area contributed by atoms with Crippen molar-refractivity contribution in [3.63, 3.8) is 0 Å². The first-order valence-electron chi connectivity index (χ1n) is 6.53. The van der Waals surface area contributed by atoms with Gasteiger partial charge in [-0.3, -0.25) is 0 Å². The van der Waals surface area contributed by atoms with E-state index in [1.165, 1.54) is 6.42 Å². The molecule has 0 amide bonds. The van der Waals surface area contributed by atoms with Gasteiger partial charge in [0, 0.05) is 30.3 Å². The topological polar surface area (TPSA) is 38.0 Å². The van der Waals surface area contributed by atoms with Crippen molar-refractivity contribution in [2.24, 2.45) is 23.8 Å². The summed E-state index contributed by atoms with van der Waals surface area (Å²) in [5, 5.41) is 11.4. The monoisotopic (exact) mass is 234 g/mol. The number of aromatic nitrogens is 2. The first-order chi connectivity index (χ1) is 7.83. The molecular formula is C14H22N2O. The first kappa shape index (κ1) is 11.3. The average molecular weight is 234 g/mol. The molecule has 2 aliphatic carbocycles. The lowest BCUT2D eigenvalue weighted by Crippen LogP contribution is -2.52. The van der Waals surface area contributed by atoms with Crippen LogP contribution in [0.5, 0.6) is 0 Å². The van der Waals surface area contributed by atoms with Crippen LogP contribution in [-0.2, 0) is 12.6 Å². The molecule has 3 rings (SSSR count). The Morgan fingerprint density at radius 1 is 1.41 bits per heavy atom. The molecule has 2 fully saturated rings. The summed E-state index contributed by atoms with van der Waals surface area (Å²) in [6.45, 7) is 6.64. The molecule has 94 valence electrons. The summed E-state index contributed by atoms with van der Waals surface area (Å²) < 4.78 is 1.98. The Bertz CT molecular complexity index is 458. The van der Waals surface area contributed by atoms with Gasteiger partial charge in [-0.2, -0.15) is 0 Å². The molecule has 0 aromatic carbocycles. The lowest BCUT2D eigenvalue weighted by atomic mass is 9.60. The lowest BCUT2D eigenvalue weighted by molar-refractivity contribution is -0.158. The zero-order valence-corrected chi connectivity index (χ0v) is 11.2. The van der Waals surface area contributed by atoms with Crippen LogP contribution in [0.4, 0.5) is 0 Å². The van der Waals surface area contributed by atoms with E-state index in [1.54, 1.807) is 6.20 Å². The maximum atomic E-state index is 11.4. The van der Waals surface area contributed by atoms with Crippen LogP contribution < -0.4 is 0 Å². The molecular weight excluding hydrogens is 212 g/mol. The second-order valence-corrected chi connectivity index (χ2v) is 6.79. The van der Waals surface area contributed by atoms with Crippen LogP contribution in [0.1, 0.15) is 45.9 Å². The van der Waals surface area contributed by atoms with Crippen LogP contribution >= 0.6 is 0 Å². The van der Waals surface area contributed by atoms with Crippen molar-refractivity contribution in [1.82, 2.24) is 9.55 Å². The largest absolute Gasteiger partial charge is 0.381 e. The maximum absolute atomic E-state index is 11.4. The molecule has 2 bridgehead atoms. The highest BCUT2D eigenvalue weighted by Crippen LogP contribution is 2.71. The SMILES string of the molecule is Cn1ccnc1C1(O)C2(C)CCC(C2)C1(C)C. The van der Waals surface area contributed by atoms with Crippen LogP contribution in [0.25, 0.3) is 0 Å². The molecule has 17 heavy (non-hydrogen) atoms. The molecule has 2 saturated carbocycles. The molecule has 0 saturated heterocycles. The number of rotatable bonds is 1. The van der Waals surface area contributed by atoms with Gasteiger partial charge in [0.1, 0.15) is 11.4 Å². The molecule has 2 aliphatic rings. The van der Waals surface area contributed by atoms with Gasteiger partial charge in [-0.25, -0.2) is 4.98 Å². The van der Waals surface area contributed by atoms with Crippen molar-refractivity contribution in [3.8, 4) is 0 Å². The zero-order chi connectivity index (χ0) is 12.5. The second kappa shape index (κ2) is 2.94. The van der Waals surface area contributed by atoms with Crippen molar-refractivity contribution >= 4 is 0 Å². The van der Waals surface area contributed by atoms with Gasteiger partial charge in [0.15, 0.2) is 0 Å². The third kappa shape index (κ3) is 1.05. The summed E-state index contributed by atoms with van der Waals surface area (Å²) in [5.74, 6) is 1.46. The van der Waals surface area contributed by atoms with Gasteiger partial charge in [-0.1, -0.05) is 20.8 Å². The molecule has 3 unspecified atom stereocenters. The van der Waals surface area contributed by atoms with E-state index in [-0.39, 0.29) is 10.8 Å². The van der Waals surface area contributed by atoms with Crippen LogP contribution in [0.2, 0.25) is 0 Å². The smallest absolute Gasteiger partial charge is 0.141 e. The number of aliphatic hydroxyl groups is 1.